The van der Waals surface area contributed by atoms with Gasteiger partial charge in [0.05, 0.1) is 19.8 Å². The van der Waals surface area contributed by atoms with Gasteiger partial charge in [-0.2, -0.15) is 0 Å². The first-order valence-corrected chi connectivity index (χ1v) is 6.13. The molecule has 118 valence electrons. The second-order valence-corrected chi connectivity index (χ2v) is 4.93. The quantitative estimate of drug-likeness (QED) is 0.474. The van der Waals surface area contributed by atoms with E-state index in [1.165, 1.54) is 7.11 Å². The molecular formula is C12H23NO7. The molecule has 0 heterocycles. The monoisotopic (exact) mass is 293 g/mol. The number of amides is 1. The molecule has 8 heteroatoms. The normalized spacial score (nSPS) is 12.8. The van der Waals surface area contributed by atoms with Gasteiger partial charge < -0.3 is 29.4 Å². The second-order valence-electron chi connectivity index (χ2n) is 4.93. The Labute approximate surface area is 118 Å². The van der Waals surface area contributed by atoms with Gasteiger partial charge in [-0.05, 0) is 20.8 Å². The molecule has 8 nitrogen and oxygen atoms in total. The van der Waals surface area contributed by atoms with Gasteiger partial charge in [0, 0.05) is 7.11 Å². The number of hydrogen-bond donors (Lipinski definition) is 2. The molecule has 1 unspecified atom stereocenters. The molecule has 0 aliphatic rings. The van der Waals surface area contributed by atoms with Crippen molar-refractivity contribution >= 4 is 12.1 Å². The molecule has 1 atom stereocenters. The molecule has 0 saturated heterocycles. The van der Waals surface area contributed by atoms with E-state index in [4.69, 9.17) is 24.1 Å². The molecule has 1 amide bonds. The Kier molecular flexibility index (Phi) is 8.86. The van der Waals surface area contributed by atoms with E-state index in [9.17, 15) is 9.59 Å². The van der Waals surface area contributed by atoms with E-state index in [1.807, 2.05) is 0 Å². The number of aliphatic carboxylic acids is 1. The van der Waals surface area contributed by atoms with E-state index < -0.39 is 23.7 Å². The topological polar surface area (TPSA) is 103 Å². The fourth-order valence-corrected chi connectivity index (χ4v) is 1.05. The first-order valence-electron chi connectivity index (χ1n) is 6.13. The van der Waals surface area contributed by atoms with E-state index in [0.29, 0.717) is 13.2 Å². The zero-order chi connectivity index (χ0) is 15.6. The summed E-state index contributed by atoms with van der Waals surface area (Å²) < 4.78 is 19.7. The van der Waals surface area contributed by atoms with Crippen LogP contribution < -0.4 is 5.32 Å². The minimum absolute atomic E-state index is 0.0802. The molecule has 0 aromatic heterocycles. The van der Waals surface area contributed by atoms with Crippen molar-refractivity contribution in [2.45, 2.75) is 32.4 Å². The van der Waals surface area contributed by atoms with Crippen LogP contribution in [0.3, 0.4) is 0 Å². The van der Waals surface area contributed by atoms with Gasteiger partial charge in [0.2, 0.25) is 0 Å². The number of methoxy groups -OCH3 is 1. The van der Waals surface area contributed by atoms with Crippen molar-refractivity contribution < 1.29 is 33.6 Å². The summed E-state index contributed by atoms with van der Waals surface area (Å²) in [6, 6.07) is -1.20. The van der Waals surface area contributed by atoms with Crippen molar-refractivity contribution in [1.29, 1.82) is 0 Å². The van der Waals surface area contributed by atoms with Gasteiger partial charge >= 0.3 is 12.1 Å². The van der Waals surface area contributed by atoms with Gasteiger partial charge in [-0.1, -0.05) is 0 Å². The molecule has 0 aromatic carbocycles. The predicted octanol–water partition coefficient (Wildman–Crippen LogP) is 0.601. The molecule has 0 saturated carbocycles. The first kappa shape index (κ1) is 18.6. The fourth-order valence-electron chi connectivity index (χ4n) is 1.05. The lowest BCUT2D eigenvalue weighted by molar-refractivity contribution is -0.143. The molecule has 2 N–H and O–H groups in total. The van der Waals surface area contributed by atoms with Crippen LogP contribution in [0, 0.1) is 0 Å². The third-order valence-electron chi connectivity index (χ3n) is 1.87. The van der Waals surface area contributed by atoms with Crippen LogP contribution in [0.1, 0.15) is 20.8 Å². The average Bonchev–Trinajstić information content (AvgIpc) is 2.29. The molecule has 0 aliphatic carbocycles. The number of hydrogen-bond acceptors (Lipinski definition) is 6. The van der Waals surface area contributed by atoms with Crippen LogP contribution in [0.25, 0.3) is 0 Å². The van der Waals surface area contributed by atoms with E-state index in [2.05, 4.69) is 5.32 Å². The number of rotatable bonds is 9. The SMILES string of the molecule is COCCOCOCC(NC(=O)OC(C)(C)C)C(=O)O. The summed E-state index contributed by atoms with van der Waals surface area (Å²) in [6.07, 6.45) is -0.811. The summed E-state index contributed by atoms with van der Waals surface area (Å²) in [5.74, 6) is -1.22. The zero-order valence-electron chi connectivity index (χ0n) is 12.3. The zero-order valence-corrected chi connectivity index (χ0v) is 12.3. The largest absolute Gasteiger partial charge is 0.480 e. The van der Waals surface area contributed by atoms with Crippen molar-refractivity contribution in [3.05, 3.63) is 0 Å². The lowest BCUT2D eigenvalue weighted by Crippen LogP contribution is -2.46. The predicted molar refractivity (Wildman–Crippen MR) is 69.4 cm³/mol. The third-order valence-corrected chi connectivity index (χ3v) is 1.87. The summed E-state index contributed by atoms with van der Waals surface area (Å²) >= 11 is 0. The molecule has 0 aliphatic heterocycles. The van der Waals surface area contributed by atoms with Crippen LogP contribution in [-0.2, 0) is 23.7 Å². The summed E-state index contributed by atoms with van der Waals surface area (Å²) in [5.41, 5.74) is -0.697. The lowest BCUT2D eigenvalue weighted by atomic mass is 10.2. The Morgan fingerprint density at radius 2 is 1.85 bits per heavy atom. The number of nitrogens with one attached hydrogen (secondary N) is 1. The molecular weight excluding hydrogens is 270 g/mol. The molecule has 0 spiro atoms. The average molecular weight is 293 g/mol. The van der Waals surface area contributed by atoms with Crippen molar-refractivity contribution in [3.8, 4) is 0 Å². The van der Waals surface area contributed by atoms with E-state index in [0.717, 1.165) is 0 Å². The molecule has 0 aromatic rings. The molecule has 0 fully saturated rings. The minimum Gasteiger partial charge on any atom is -0.480 e. The Morgan fingerprint density at radius 1 is 1.20 bits per heavy atom. The van der Waals surface area contributed by atoms with Crippen LogP contribution in [0.4, 0.5) is 4.79 Å². The Morgan fingerprint density at radius 3 is 2.35 bits per heavy atom. The minimum atomic E-state index is -1.22. The molecule has 20 heavy (non-hydrogen) atoms. The van der Waals surface area contributed by atoms with Gasteiger partial charge in [0.15, 0.2) is 6.04 Å². The highest BCUT2D eigenvalue weighted by Gasteiger charge is 2.24. The lowest BCUT2D eigenvalue weighted by Gasteiger charge is -2.21. The summed E-state index contributed by atoms with van der Waals surface area (Å²) in [5, 5.41) is 11.2. The maximum absolute atomic E-state index is 11.4. The number of carbonyl (C=O) groups excluding carboxylic acids is 1. The van der Waals surface area contributed by atoms with Gasteiger partial charge in [-0.15, -0.1) is 0 Å². The van der Waals surface area contributed by atoms with Crippen LogP contribution in [-0.4, -0.2) is 62.5 Å². The second kappa shape index (κ2) is 9.51. The summed E-state index contributed by atoms with van der Waals surface area (Å²) in [7, 11) is 1.54. The number of carboxylic acids is 1. The number of ether oxygens (including phenoxy) is 4. The van der Waals surface area contributed by atoms with Gasteiger partial charge in [0.25, 0.3) is 0 Å². The fraction of sp³-hybridized carbons (Fsp3) is 0.833. The van der Waals surface area contributed by atoms with Gasteiger partial charge in [0.1, 0.15) is 12.4 Å². The Balaban J connectivity index is 3.99. The highest BCUT2D eigenvalue weighted by molar-refractivity contribution is 5.80. The van der Waals surface area contributed by atoms with Gasteiger partial charge in [-0.3, -0.25) is 0 Å². The van der Waals surface area contributed by atoms with Crippen LogP contribution in [0.2, 0.25) is 0 Å². The highest BCUT2D eigenvalue weighted by Crippen LogP contribution is 2.06. The van der Waals surface area contributed by atoms with Crippen LogP contribution in [0.15, 0.2) is 0 Å². The smallest absolute Gasteiger partial charge is 0.408 e. The maximum Gasteiger partial charge on any atom is 0.408 e. The summed E-state index contributed by atoms with van der Waals surface area (Å²) in [6.45, 7) is 5.51. The first-order chi connectivity index (χ1) is 9.26. The Hall–Kier alpha value is -1.38. The van der Waals surface area contributed by atoms with Crippen molar-refractivity contribution in [2.24, 2.45) is 0 Å². The number of alkyl carbamates (subject to hydrolysis) is 1. The van der Waals surface area contributed by atoms with E-state index >= 15 is 0 Å². The van der Waals surface area contributed by atoms with Crippen molar-refractivity contribution in [1.82, 2.24) is 5.32 Å². The van der Waals surface area contributed by atoms with Crippen LogP contribution >= 0.6 is 0 Å². The number of carboxylic acid groups (broad SMARTS) is 1. The third kappa shape index (κ3) is 10.5. The maximum atomic E-state index is 11.4. The van der Waals surface area contributed by atoms with Crippen molar-refractivity contribution in [2.75, 3.05) is 33.7 Å². The standard InChI is InChI=1S/C12H23NO7/c1-12(2,3)20-11(16)13-9(10(14)15)7-19-8-18-6-5-17-4/h9H,5-8H2,1-4H3,(H,13,16)(H,14,15). The molecule has 0 radical (unpaired) electrons. The molecule has 0 rings (SSSR count). The summed E-state index contributed by atoms with van der Waals surface area (Å²) in [4.78, 5) is 22.4. The highest BCUT2D eigenvalue weighted by atomic mass is 16.7. The van der Waals surface area contributed by atoms with Gasteiger partial charge in [-0.25, -0.2) is 9.59 Å². The van der Waals surface area contributed by atoms with Crippen molar-refractivity contribution in [3.63, 3.8) is 0 Å². The number of carbonyl (C=O) groups is 2. The van der Waals surface area contributed by atoms with E-state index in [-0.39, 0.29) is 13.4 Å². The van der Waals surface area contributed by atoms with E-state index in [1.54, 1.807) is 20.8 Å². The van der Waals surface area contributed by atoms with Crippen LogP contribution in [0.5, 0.6) is 0 Å². The Bertz CT molecular complexity index is 301. The molecule has 0 bridgehead atoms.